The van der Waals surface area contributed by atoms with E-state index in [1.54, 1.807) is 0 Å². The first-order valence-electron chi connectivity index (χ1n) is 4.06. The average molecular weight is 252 g/mol. The summed E-state index contributed by atoms with van der Waals surface area (Å²) in [5.41, 5.74) is 8.63. The summed E-state index contributed by atoms with van der Waals surface area (Å²) >= 11 is 0. The van der Waals surface area contributed by atoms with Crippen LogP contribution in [0.5, 0.6) is 0 Å². The monoisotopic (exact) mass is 252 g/mol. The predicted octanol–water partition coefficient (Wildman–Crippen LogP) is 2.19. The van der Waals surface area contributed by atoms with Crippen molar-refractivity contribution in [3.05, 3.63) is 41.8 Å². The van der Waals surface area contributed by atoms with Gasteiger partial charge < -0.3 is 12.7 Å². The molecule has 1 rings (SSSR count). The summed E-state index contributed by atoms with van der Waals surface area (Å²) in [6, 6.07) is 7.32. The minimum absolute atomic E-state index is 0. The van der Waals surface area contributed by atoms with Gasteiger partial charge in [0.15, 0.2) is 0 Å². The van der Waals surface area contributed by atoms with E-state index in [2.05, 4.69) is 39.8 Å². The first-order valence-corrected chi connectivity index (χ1v) is 4.06. The summed E-state index contributed by atoms with van der Waals surface area (Å²) < 4.78 is 0. The molecule has 0 spiro atoms. The molecule has 0 fully saturated rings. The maximum absolute atomic E-state index is 4.74. The standard InChI is InChI=1S/C9H11.C2H6N.Y/c1-7-4-5-8(2)9(3)6-7;1-2-3;/h5-6H,1-3H3;1-3H2;/q2*-1;+3. The number of nitrogens with two attached hydrogens (primary N) is 1. The summed E-state index contributed by atoms with van der Waals surface area (Å²) in [6.07, 6.45) is 0. The largest absolute Gasteiger partial charge is 3.00 e. The van der Waals surface area contributed by atoms with Gasteiger partial charge in [-0.2, -0.15) is 34.9 Å². The van der Waals surface area contributed by atoms with Crippen LogP contribution in [0.15, 0.2) is 12.1 Å². The van der Waals surface area contributed by atoms with Crippen molar-refractivity contribution in [2.75, 3.05) is 6.54 Å². The van der Waals surface area contributed by atoms with Crippen LogP contribution in [0.1, 0.15) is 16.7 Å². The van der Waals surface area contributed by atoms with Gasteiger partial charge in [-0.3, -0.25) is 0 Å². The van der Waals surface area contributed by atoms with Gasteiger partial charge in [-0.05, 0) is 0 Å². The molecular weight excluding hydrogens is 235 g/mol. The van der Waals surface area contributed by atoms with Crippen LogP contribution in [0.2, 0.25) is 0 Å². The Bertz CT molecular complexity index is 234. The smallest absolute Gasteiger partial charge is 0.360 e. The maximum Gasteiger partial charge on any atom is 3.00 e. The van der Waals surface area contributed by atoms with E-state index >= 15 is 0 Å². The van der Waals surface area contributed by atoms with Gasteiger partial charge in [-0.25, -0.2) is 0 Å². The third kappa shape index (κ3) is 7.36. The molecule has 2 heteroatoms. The normalized spacial score (nSPS) is 8.08. The summed E-state index contributed by atoms with van der Waals surface area (Å²) in [7, 11) is 0. The molecule has 0 saturated heterocycles. The van der Waals surface area contributed by atoms with E-state index in [0.717, 1.165) is 0 Å². The van der Waals surface area contributed by atoms with Gasteiger partial charge in [0.05, 0.1) is 0 Å². The fourth-order valence-electron chi connectivity index (χ4n) is 0.816. The third-order valence-electron chi connectivity index (χ3n) is 1.57. The molecule has 0 aromatic heterocycles. The van der Waals surface area contributed by atoms with Gasteiger partial charge in [0.1, 0.15) is 0 Å². The zero-order valence-corrected chi connectivity index (χ0v) is 11.6. The fraction of sp³-hybridized carbons (Fsp3) is 0.364. The van der Waals surface area contributed by atoms with E-state index in [9.17, 15) is 0 Å². The molecule has 1 aromatic carbocycles. The van der Waals surface area contributed by atoms with Gasteiger partial charge in [-0.15, -0.1) is 6.54 Å². The quantitative estimate of drug-likeness (QED) is 0.704. The Labute approximate surface area is 107 Å². The van der Waals surface area contributed by atoms with Gasteiger partial charge in [-0.1, -0.05) is 20.8 Å². The van der Waals surface area contributed by atoms with E-state index in [0.29, 0.717) is 6.54 Å². The van der Waals surface area contributed by atoms with Crippen molar-refractivity contribution in [2.24, 2.45) is 5.73 Å². The van der Waals surface area contributed by atoms with Crippen LogP contribution in [-0.2, 0) is 32.7 Å². The van der Waals surface area contributed by atoms with E-state index in [1.165, 1.54) is 16.7 Å². The molecule has 0 aliphatic rings. The molecule has 0 aliphatic carbocycles. The van der Waals surface area contributed by atoms with E-state index < -0.39 is 0 Å². The van der Waals surface area contributed by atoms with Gasteiger partial charge in [0.2, 0.25) is 0 Å². The zero-order valence-electron chi connectivity index (χ0n) is 8.72. The van der Waals surface area contributed by atoms with Crippen molar-refractivity contribution < 1.29 is 32.7 Å². The molecule has 0 amide bonds. The van der Waals surface area contributed by atoms with Crippen molar-refractivity contribution >= 4 is 0 Å². The molecule has 68 valence electrons. The van der Waals surface area contributed by atoms with Crippen LogP contribution < -0.4 is 5.73 Å². The Hall–Kier alpha value is 0.284. The number of aryl methyl sites for hydroxylation is 3. The molecule has 0 unspecified atom stereocenters. The van der Waals surface area contributed by atoms with Crippen molar-refractivity contribution in [2.45, 2.75) is 20.8 Å². The zero-order chi connectivity index (χ0) is 9.56. The minimum atomic E-state index is 0. The van der Waals surface area contributed by atoms with Crippen LogP contribution in [-0.4, -0.2) is 6.54 Å². The second-order valence-electron chi connectivity index (χ2n) is 2.77. The number of rotatable bonds is 0. The van der Waals surface area contributed by atoms with Crippen LogP contribution >= 0.6 is 0 Å². The van der Waals surface area contributed by atoms with Gasteiger partial charge in [0, 0.05) is 0 Å². The summed E-state index contributed by atoms with van der Waals surface area (Å²) in [5.74, 6) is 0. The van der Waals surface area contributed by atoms with Crippen molar-refractivity contribution in [1.29, 1.82) is 0 Å². The number of benzene rings is 1. The topological polar surface area (TPSA) is 26.0 Å². The van der Waals surface area contributed by atoms with Gasteiger partial charge in [0.25, 0.3) is 0 Å². The van der Waals surface area contributed by atoms with Crippen LogP contribution in [0, 0.1) is 33.8 Å². The fourth-order valence-corrected chi connectivity index (χ4v) is 0.816. The summed E-state index contributed by atoms with van der Waals surface area (Å²) in [4.78, 5) is 0. The molecule has 2 N–H and O–H groups in total. The Morgan fingerprint density at radius 1 is 1.31 bits per heavy atom. The molecule has 1 aromatic rings. The Morgan fingerprint density at radius 3 is 2.08 bits per heavy atom. The first kappa shape index (κ1) is 15.7. The summed E-state index contributed by atoms with van der Waals surface area (Å²) in [5, 5.41) is 0. The molecule has 0 saturated carbocycles. The molecule has 0 bridgehead atoms. The van der Waals surface area contributed by atoms with Crippen LogP contribution in [0.4, 0.5) is 0 Å². The molecular formula is C11H17NY+. The van der Waals surface area contributed by atoms with Crippen LogP contribution in [0.3, 0.4) is 0 Å². The van der Waals surface area contributed by atoms with Crippen molar-refractivity contribution in [3.63, 3.8) is 0 Å². The van der Waals surface area contributed by atoms with Crippen LogP contribution in [0.25, 0.3) is 0 Å². The Morgan fingerprint density at radius 2 is 1.77 bits per heavy atom. The number of hydrogen-bond donors (Lipinski definition) is 1. The second-order valence-corrected chi connectivity index (χ2v) is 2.77. The predicted molar refractivity (Wildman–Crippen MR) is 53.9 cm³/mol. The van der Waals surface area contributed by atoms with E-state index in [1.807, 2.05) is 6.07 Å². The molecule has 1 nitrogen and oxygen atoms in total. The maximum atomic E-state index is 4.74. The summed E-state index contributed by atoms with van der Waals surface area (Å²) in [6.45, 7) is 10.0. The van der Waals surface area contributed by atoms with Crippen molar-refractivity contribution in [1.82, 2.24) is 0 Å². The third-order valence-corrected chi connectivity index (χ3v) is 1.57. The minimum Gasteiger partial charge on any atom is -0.360 e. The molecule has 13 heavy (non-hydrogen) atoms. The Kier molecular flexibility index (Phi) is 10.7. The molecule has 0 aliphatic heterocycles. The van der Waals surface area contributed by atoms with Crippen molar-refractivity contribution in [3.8, 4) is 0 Å². The number of hydrogen-bond acceptors (Lipinski definition) is 1. The van der Waals surface area contributed by atoms with E-state index in [4.69, 9.17) is 5.73 Å². The first-order chi connectivity index (χ1) is 5.61. The Balaban J connectivity index is 0. The molecule has 0 atom stereocenters. The average Bonchev–Trinajstić information content (AvgIpc) is 1.99. The van der Waals surface area contributed by atoms with E-state index in [-0.39, 0.29) is 32.7 Å². The second kappa shape index (κ2) is 8.86. The SMILES string of the molecule is Cc1[c-]cc(C)c(C)c1.[CH2-]CN.[Y+3]. The van der Waals surface area contributed by atoms with Gasteiger partial charge >= 0.3 is 32.7 Å². The molecule has 0 heterocycles. The molecule has 0 radical (unpaired) electrons.